The van der Waals surface area contributed by atoms with Crippen molar-refractivity contribution in [1.29, 1.82) is 0 Å². The molecule has 0 fully saturated rings. The minimum atomic E-state index is -3.41. The van der Waals surface area contributed by atoms with E-state index in [0.29, 0.717) is 10.6 Å². The Morgan fingerprint density at radius 2 is 1.76 bits per heavy atom. The minimum Gasteiger partial charge on any atom is -0.378 e. The van der Waals surface area contributed by atoms with Gasteiger partial charge in [-0.05, 0) is 59.4 Å². The Bertz CT molecular complexity index is 1140. The lowest BCUT2D eigenvalue weighted by atomic mass is 9.74. The second-order valence-electron chi connectivity index (χ2n) is 8.00. The fourth-order valence-electron chi connectivity index (χ4n) is 3.96. The molecule has 2 atom stereocenters. The molecule has 3 N–H and O–H groups in total. The molecule has 0 aliphatic carbocycles. The number of fused-ring (bicyclic) bond motifs is 1. The second-order valence-corrected chi connectivity index (χ2v) is 10.2. The molecule has 0 bridgehead atoms. The molecule has 0 saturated carbocycles. The number of para-hydroxylation sites is 1. The monoisotopic (exact) mass is 427 g/mol. The highest BCUT2D eigenvalue weighted by molar-refractivity contribution is 7.92. The molecular formula is C23H24ClN2O2S+. The van der Waals surface area contributed by atoms with Crippen molar-refractivity contribution in [2.24, 2.45) is 0 Å². The number of halogens is 1. The first-order valence-corrected chi connectivity index (χ1v) is 11.4. The van der Waals surface area contributed by atoms with Crippen LogP contribution in [0.3, 0.4) is 0 Å². The van der Waals surface area contributed by atoms with Gasteiger partial charge in [-0.15, -0.1) is 0 Å². The zero-order valence-corrected chi connectivity index (χ0v) is 17.9. The maximum absolute atomic E-state index is 13.0. The summed E-state index contributed by atoms with van der Waals surface area (Å²) >= 11 is 6.22. The first kappa shape index (κ1) is 19.8. The Balaban J connectivity index is 1.70. The lowest BCUT2D eigenvalue weighted by molar-refractivity contribution is 0.428. The Hall–Kier alpha value is -2.50. The Labute approximate surface area is 177 Å². The van der Waals surface area contributed by atoms with Gasteiger partial charge in [0.2, 0.25) is 0 Å². The van der Waals surface area contributed by atoms with Gasteiger partial charge < -0.3 is 5.32 Å². The predicted octanol–water partition coefficient (Wildman–Crippen LogP) is 6.13. The zero-order chi connectivity index (χ0) is 20.6. The van der Waals surface area contributed by atoms with Crippen molar-refractivity contribution in [3.63, 3.8) is 0 Å². The quantitative estimate of drug-likeness (QED) is 0.491. The smallest absolute Gasteiger partial charge is 0.378 e. The van der Waals surface area contributed by atoms with E-state index >= 15 is 0 Å². The van der Waals surface area contributed by atoms with Gasteiger partial charge in [-0.3, -0.25) is 0 Å². The van der Waals surface area contributed by atoms with Gasteiger partial charge in [-0.2, -0.15) is 4.21 Å². The lowest BCUT2D eigenvalue weighted by Gasteiger charge is -2.39. The summed E-state index contributed by atoms with van der Waals surface area (Å²) in [6, 6.07) is 22.2. The minimum absolute atomic E-state index is 0.00616. The van der Waals surface area contributed by atoms with E-state index in [-0.39, 0.29) is 11.5 Å². The van der Waals surface area contributed by atoms with E-state index < -0.39 is 10.0 Å². The van der Waals surface area contributed by atoms with Crippen molar-refractivity contribution in [1.82, 2.24) is 0 Å². The van der Waals surface area contributed by atoms with Crippen LogP contribution in [0.2, 0.25) is 5.02 Å². The number of hydrogen-bond donors (Lipinski definition) is 2. The first-order chi connectivity index (χ1) is 13.8. The van der Waals surface area contributed by atoms with E-state index in [0.717, 1.165) is 22.7 Å². The molecule has 3 aromatic carbocycles. The van der Waals surface area contributed by atoms with E-state index in [1.54, 1.807) is 24.3 Å². The van der Waals surface area contributed by atoms with Crippen LogP contribution in [0.15, 0.2) is 77.7 Å². The third-order valence-electron chi connectivity index (χ3n) is 5.40. The van der Waals surface area contributed by atoms with Crippen LogP contribution in [0.1, 0.15) is 37.4 Å². The predicted molar refractivity (Wildman–Crippen MR) is 120 cm³/mol. The van der Waals surface area contributed by atoms with Gasteiger partial charge in [0.05, 0.1) is 11.7 Å². The number of rotatable bonds is 4. The molecule has 0 spiro atoms. The van der Waals surface area contributed by atoms with Crippen molar-refractivity contribution in [3.05, 3.63) is 88.9 Å². The summed E-state index contributed by atoms with van der Waals surface area (Å²) in [5, 5.41) is 4.31. The van der Waals surface area contributed by atoms with E-state index in [2.05, 4.69) is 23.9 Å². The second kappa shape index (κ2) is 7.39. The van der Waals surface area contributed by atoms with Gasteiger partial charge in [0, 0.05) is 10.7 Å². The van der Waals surface area contributed by atoms with Crippen LogP contribution in [0.25, 0.3) is 0 Å². The summed E-state index contributed by atoms with van der Waals surface area (Å²) in [7, 11) is -3.41. The molecule has 1 heterocycles. The summed E-state index contributed by atoms with van der Waals surface area (Å²) in [6.07, 6.45) is 0.830. The molecule has 4 rings (SSSR count). The van der Waals surface area contributed by atoms with Gasteiger partial charge in [0.25, 0.3) is 0 Å². The fraction of sp³-hybridized carbons (Fsp3) is 0.217. The Morgan fingerprint density at radius 1 is 1.07 bits per heavy atom. The third kappa shape index (κ3) is 3.98. The Kier molecular flexibility index (Phi) is 5.05. The van der Waals surface area contributed by atoms with Crippen molar-refractivity contribution >= 4 is 33.0 Å². The van der Waals surface area contributed by atoms with Gasteiger partial charge >= 0.3 is 10.0 Å². The molecule has 0 radical (unpaired) electrons. The molecule has 150 valence electrons. The number of benzene rings is 3. The Morgan fingerprint density at radius 3 is 2.52 bits per heavy atom. The van der Waals surface area contributed by atoms with Crippen LogP contribution in [0, 0.1) is 0 Å². The van der Waals surface area contributed by atoms with Crippen molar-refractivity contribution in [2.75, 3.05) is 10.0 Å². The normalized spacial score (nSPS) is 19.5. The van der Waals surface area contributed by atoms with Crippen LogP contribution < -0.4 is 10.0 Å². The average molecular weight is 428 g/mol. The number of anilines is 2. The summed E-state index contributed by atoms with van der Waals surface area (Å²) in [4.78, 5) is 0.353. The lowest BCUT2D eigenvalue weighted by Crippen LogP contribution is -2.31. The van der Waals surface area contributed by atoms with E-state index in [9.17, 15) is 8.42 Å². The van der Waals surface area contributed by atoms with Crippen LogP contribution in [-0.2, 0) is 15.4 Å². The molecule has 29 heavy (non-hydrogen) atoms. The first-order valence-electron chi connectivity index (χ1n) is 9.51. The van der Waals surface area contributed by atoms with Crippen molar-refractivity contribution < 1.29 is 8.42 Å². The largest absolute Gasteiger partial charge is 0.396 e. The van der Waals surface area contributed by atoms with Gasteiger partial charge in [-0.1, -0.05) is 61.8 Å². The summed E-state index contributed by atoms with van der Waals surface area (Å²) < 4.78 is 26.5. The van der Waals surface area contributed by atoms with E-state index in [1.807, 2.05) is 48.5 Å². The molecule has 4 nitrogen and oxygen atoms in total. The highest BCUT2D eigenvalue weighted by atomic mass is 35.5. The zero-order valence-electron chi connectivity index (χ0n) is 16.4. The molecule has 0 saturated heterocycles. The number of nitrogens with one attached hydrogen (secondary N) is 2. The van der Waals surface area contributed by atoms with E-state index in [4.69, 9.17) is 11.6 Å². The van der Waals surface area contributed by atoms with Gasteiger partial charge in [-0.25, -0.2) is 8.93 Å². The maximum atomic E-state index is 13.0. The van der Waals surface area contributed by atoms with Crippen molar-refractivity contribution in [2.45, 2.75) is 36.6 Å². The van der Waals surface area contributed by atoms with Crippen molar-refractivity contribution in [3.8, 4) is 0 Å². The SMILES string of the molecule is CC1(C)CC(c2ccccc2NS(=O)(=[OH+])c2ccccc2)Nc2ccc(Cl)cc21. The molecule has 2 unspecified atom stereocenters. The molecular weight excluding hydrogens is 404 g/mol. The van der Waals surface area contributed by atoms with Crippen LogP contribution in [0.4, 0.5) is 11.4 Å². The highest BCUT2D eigenvalue weighted by Gasteiger charge is 2.35. The molecule has 1 aliphatic heterocycles. The summed E-state index contributed by atoms with van der Waals surface area (Å²) in [5.74, 6) is 0. The molecule has 3 aromatic rings. The summed E-state index contributed by atoms with van der Waals surface area (Å²) in [6.45, 7) is 4.40. The van der Waals surface area contributed by atoms with Crippen LogP contribution >= 0.6 is 11.6 Å². The van der Waals surface area contributed by atoms with Gasteiger partial charge in [0.1, 0.15) is 4.90 Å². The molecule has 0 aromatic heterocycles. The molecule has 0 amide bonds. The fourth-order valence-corrected chi connectivity index (χ4v) is 5.26. The maximum Gasteiger partial charge on any atom is 0.396 e. The van der Waals surface area contributed by atoms with E-state index in [1.165, 1.54) is 5.56 Å². The number of hydrogen-bond acceptors (Lipinski definition) is 2. The van der Waals surface area contributed by atoms with Crippen LogP contribution in [0.5, 0.6) is 0 Å². The molecule has 6 heteroatoms. The third-order valence-corrected chi connectivity index (χ3v) is 7.04. The van der Waals surface area contributed by atoms with Crippen LogP contribution in [-0.4, -0.2) is 8.42 Å². The molecule has 1 aliphatic rings. The highest BCUT2D eigenvalue weighted by Crippen LogP contribution is 2.46. The standard InChI is InChI=1S/C23H23ClN2O2S/c1-23(2)15-22(25-21-13-12-16(24)14-19(21)23)18-10-6-7-11-20(18)26-29(27,28)17-8-4-3-5-9-17/h3-14,22,25H,15H2,1-2H3,(H,26,27,28)/p+1. The van der Waals surface area contributed by atoms with Gasteiger partial charge in [0.15, 0.2) is 0 Å². The summed E-state index contributed by atoms with van der Waals surface area (Å²) in [5.41, 5.74) is 3.73. The average Bonchev–Trinajstić information content (AvgIpc) is 2.69. The topological polar surface area (TPSA) is 62.5 Å².